The van der Waals surface area contributed by atoms with Gasteiger partial charge in [-0.25, -0.2) is 9.97 Å². The molecule has 1 aliphatic rings. The van der Waals surface area contributed by atoms with Crippen molar-refractivity contribution < 1.29 is 0 Å². The fourth-order valence-corrected chi connectivity index (χ4v) is 4.30. The topological polar surface area (TPSA) is 78.8 Å². The highest BCUT2D eigenvalue weighted by atomic mass is 15.1. The number of rotatable bonds is 3. The Kier molecular flexibility index (Phi) is 5.30. The zero-order chi connectivity index (χ0) is 22.1. The Hall–Kier alpha value is -3.75. The van der Waals surface area contributed by atoms with Gasteiger partial charge in [0.15, 0.2) is 0 Å². The third-order valence-electron chi connectivity index (χ3n) is 6.08. The number of aromatic nitrogens is 2. The molecule has 0 amide bonds. The Balaban J connectivity index is 1.66. The van der Waals surface area contributed by atoms with Crippen molar-refractivity contribution >= 4 is 16.7 Å². The van der Waals surface area contributed by atoms with E-state index in [1.807, 2.05) is 24.3 Å². The van der Waals surface area contributed by atoms with Crippen LogP contribution in [0.3, 0.4) is 0 Å². The molecule has 2 N–H and O–H groups in total. The monoisotopic (exact) mass is 419 g/mol. The van der Waals surface area contributed by atoms with Gasteiger partial charge >= 0.3 is 0 Å². The molecule has 1 saturated heterocycles. The van der Waals surface area contributed by atoms with Crippen LogP contribution in [0.1, 0.15) is 24.0 Å². The van der Waals surface area contributed by atoms with Gasteiger partial charge in [0.1, 0.15) is 0 Å². The SMILES string of the molecule is Cc1ccc(-c2nc3ccc(N4CCC[C@H](N)C4)cc3nc2-c2ccc(C#N)cc2)cc1. The second-order valence-electron chi connectivity index (χ2n) is 8.50. The van der Waals surface area contributed by atoms with Crippen LogP contribution in [0.2, 0.25) is 0 Å². The molecule has 0 radical (unpaired) electrons. The van der Waals surface area contributed by atoms with Crippen LogP contribution in [0.15, 0.2) is 66.7 Å². The van der Waals surface area contributed by atoms with Gasteiger partial charge in [-0.1, -0.05) is 42.0 Å². The zero-order valence-electron chi connectivity index (χ0n) is 18.1. The summed E-state index contributed by atoms with van der Waals surface area (Å²) in [6.07, 6.45) is 2.18. The van der Waals surface area contributed by atoms with Crippen molar-refractivity contribution in [2.45, 2.75) is 25.8 Å². The van der Waals surface area contributed by atoms with Crippen LogP contribution < -0.4 is 10.6 Å². The average Bonchev–Trinajstić information content (AvgIpc) is 2.83. The summed E-state index contributed by atoms with van der Waals surface area (Å²) in [5.74, 6) is 0. The molecule has 1 atom stereocenters. The van der Waals surface area contributed by atoms with Gasteiger partial charge in [0, 0.05) is 35.9 Å². The molecule has 0 saturated carbocycles. The Morgan fingerprint density at radius 3 is 2.22 bits per heavy atom. The normalized spacial score (nSPS) is 16.2. The highest BCUT2D eigenvalue weighted by molar-refractivity contribution is 5.88. The quantitative estimate of drug-likeness (QED) is 0.501. The van der Waals surface area contributed by atoms with Gasteiger partial charge in [-0.15, -0.1) is 0 Å². The maximum Gasteiger partial charge on any atom is 0.0991 e. The molecule has 2 heterocycles. The van der Waals surface area contributed by atoms with Gasteiger partial charge in [-0.05, 0) is 50.1 Å². The highest BCUT2D eigenvalue weighted by Crippen LogP contribution is 2.33. The van der Waals surface area contributed by atoms with Gasteiger partial charge < -0.3 is 10.6 Å². The van der Waals surface area contributed by atoms with Crippen LogP contribution in [0.4, 0.5) is 5.69 Å². The van der Waals surface area contributed by atoms with Crippen molar-refractivity contribution in [3.05, 3.63) is 77.9 Å². The predicted octanol–water partition coefficient (Wildman–Crippen LogP) is 5.07. The second-order valence-corrected chi connectivity index (χ2v) is 8.50. The van der Waals surface area contributed by atoms with E-state index >= 15 is 0 Å². The summed E-state index contributed by atoms with van der Waals surface area (Å²) < 4.78 is 0. The summed E-state index contributed by atoms with van der Waals surface area (Å²) in [5.41, 5.74) is 14.5. The summed E-state index contributed by atoms with van der Waals surface area (Å²) in [4.78, 5) is 12.4. The predicted molar refractivity (Wildman–Crippen MR) is 129 cm³/mol. The van der Waals surface area contributed by atoms with Gasteiger partial charge in [0.2, 0.25) is 0 Å². The van der Waals surface area contributed by atoms with Gasteiger partial charge in [0.25, 0.3) is 0 Å². The minimum absolute atomic E-state index is 0.212. The van der Waals surface area contributed by atoms with Crippen LogP contribution in [0.5, 0.6) is 0 Å². The van der Waals surface area contributed by atoms with E-state index in [0.29, 0.717) is 5.56 Å². The van der Waals surface area contributed by atoms with Crippen molar-refractivity contribution in [3.8, 4) is 28.6 Å². The number of aryl methyl sites for hydroxylation is 1. The van der Waals surface area contributed by atoms with E-state index in [1.54, 1.807) is 0 Å². The number of benzene rings is 3. The smallest absolute Gasteiger partial charge is 0.0991 e. The Bertz CT molecular complexity index is 1300. The lowest BCUT2D eigenvalue weighted by Crippen LogP contribution is -2.42. The van der Waals surface area contributed by atoms with E-state index in [4.69, 9.17) is 15.7 Å². The summed E-state index contributed by atoms with van der Waals surface area (Å²) in [6.45, 7) is 3.95. The lowest BCUT2D eigenvalue weighted by Gasteiger charge is -2.32. The minimum atomic E-state index is 0.212. The van der Waals surface area contributed by atoms with Crippen LogP contribution >= 0.6 is 0 Å². The average molecular weight is 420 g/mol. The van der Waals surface area contributed by atoms with E-state index in [-0.39, 0.29) is 6.04 Å². The van der Waals surface area contributed by atoms with Crippen LogP contribution in [-0.4, -0.2) is 29.1 Å². The van der Waals surface area contributed by atoms with E-state index in [0.717, 1.165) is 65.2 Å². The number of nitriles is 1. The maximum absolute atomic E-state index is 9.18. The van der Waals surface area contributed by atoms with E-state index < -0.39 is 0 Å². The highest BCUT2D eigenvalue weighted by Gasteiger charge is 2.19. The number of piperidine rings is 1. The Labute approximate surface area is 188 Å². The molecular formula is C27H25N5. The lowest BCUT2D eigenvalue weighted by atomic mass is 10.0. The molecule has 0 unspecified atom stereocenters. The van der Waals surface area contributed by atoms with Gasteiger partial charge in [0.05, 0.1) is 34.1 Å². The standard InChI is InChI=1S/C27H25N5/c1-18-4-8-20(9-5-18)26-27(21-10-6-19(16-28)7-11-21)31-25-15-23(12-13-24(25)30-26)32-14-2-3-22(29)17-32/h4-13,15,22H,2-3,14,17,29H2,1H3/t22-/m0/s1. The maximum atomic E-state index is 9.18. The minimum Gasteiger partial charge on any atom is -0.370 e. The molecule has 1 aliphatic heterocycles. The molecule has 4 aromatic rings. The van der Waals surface area contributed by atoms with Gasteiger partial charge in [-0.3, -0.25) is 0 Å². The molecule has 32 heavy (non-hydrogen) atoms. The Morgan fingerprint density at radius 2 is 1.56 bits per heavy atom. The fourth-order valence-electron chi connectivity index (χ4n) is 4.30. The number of fused-ring (bicyclic) bond motifs is 1. The number of nitrogens with zero attached hydrogens (tertiary/aromatic N) is 4. The van der Waals surface area contributed by atoms with Crippen molar-refractivity contribution in [2.75, 3.05) is 18.0 Å². The zero-order valence-corrected chi connectivity index (χ0v) is 18.1. The molecule has 1 fully saturated rings. The second kappa shape index (κ2) is 8.41. The van der Waals surface area contributed by atoms with E-state index in [1.165, 1.54) is 5.56 Å². The molecule has 5 rings (SSSR count). The molecule has 158 valence electrons. The molecule has 0 bridgehead atoms. The van der Waals surface area contributed by atoms with Gasteiger partial charge in [-0.2, -0.15) is 5.26 Å². The third kappa shape index (κ3) is 3.93. The first-order valence-corrected chi connectivity index (χ1v) is 11.0. The number of anilines is 1. The molecule has 1 aromatic heterocycles. The number of hydrogen-bond acceptors (Lipinski definition) is 5. The molecule has 0 spiro atoms. The summed E-state index contributed by atoms with van der Waals surface area (Å²) in [7, 11) is 0. The third-order valence-corrected chi connectivity index (χ3v) is 6.08. The van der Waals surface area contributed by atoms with Crippen LogP contribution in [0.25, 0.3) is 33.5 Å². The van der Waals surface area contributed by atoms with Crippen LogP contribution in [-0.2, 0) is 0 Å². The van der Waals surface area contributed by atoms with Crippen molar-refractivity contribution in [1.82, 2.24) is 9.97 Å². The molecule has 3 aromatic carbocycles. The largest absolute Gasteiger partial charge is 0.370 e. The first kappa shape index (κ1) is 20.2. The van der Waals surface area contributed by atoms with Crippen molar-refractivity contribution in [3.63, 3.8) is 0 Å². The van der Waals surface area contributed by atoms with Crippen LogP contribution in [0, 0.1) is 18.3 Å². The fraction of sp³-hybridized carbons (Fsp3) is 0.222. The van der Waals surface area contributed by atoms with E-state index in [2.05, 4.69) is 60.4 Å². The first-order valence-electron chi connectivity index (χ1n) is 11.0. The number of nitrogens with two attached hydrogens (primary N) is 1. The molecule has 5 nitrogen and oxygen atoms in total. The lowest BCUT2D eigenvalue weighted by molar-refractivity contribution is 0.506. The Morgan fingerprint density at radius 1 is 0.906 bits per heavy atom. The van der Waals surface area contributed by atoms with Crippen molar-refractivity contribution in [1.29, 1.82) is 5.26 Å². The van der Waals surface area contributed by atoms with Crippen molar-refractivity contribution in [2.24, 2.45) is 5.73 Å². The molecule has 5 heteroatoms. The summed E-state index contributed by atoms with van der Waals surface area (Å²) in [5, 5.41) is 9.18. The first-order chi connectivity index (χ1) is 15.6. The molecular weight excluding hydrogens is 394 g/mol. The summed E-state index contributed by atoms with van der Waals surface area (Å²) in [6, 6.07) is 24.6. The summed E-state index contributed by atoms with van der Waals surface area (Å²) >= 11 is 0. The molecule has 0 aliphatic carbocycles. The number of hydrogen-bond donors (Lipinski definition) is 1. The van der Waals surface area contributed by atoms with E-state index in [9.17, 15) is 5.26 Å².